The molecule has 3 aliphatic carbocycles. The zero-order valence-electron chi connectivity index (χ0n) is 9.82. The Morgan fingerprint density at radius 2 is 2.06 bits per heavy atom. The molecule has 0 radical (unpaired) electrons. The van der Waals surface area contributed by atoms with Gasteiger partial charge in [-0.3, -0.25) is 4.79 Å². The predicted octanol–water partition coefficient (Wildman–Crippen LogP) is 1.41. The van der Waals surface area contributed by atoms with E-state index in [0.29, 0.717) is 6.04 Å². The lowest BCUT2D eigenvalue weighted by molar-refractivity contribution is -0.125. The first-order chi connectivity index (χ1) is 7.63. The van der Waals surface area contributed by atoms with Crippen LogP contribution in [0.3, 0.4) is 0 Å². The maximum atomic E-state index is 11.4. The minimum Gasteiger partial charge on any atom is -0.369 e. The molecule has 2 bridgehead atoms. The largest absolute Gasteiger partial charge is 0.369 e. The van der Waals surface area contributed by atoms with E-state index in [-0.39, 0.29) is 17.2 Å². The van der Waals surface area contributed by atoms with Crippen LogP contribution in [-0.2, 0) is 4.79 Å². The van der Waals surface area contributed by atoms with Crippen molar-refractivity contribution in [2.45, 2.75) is 51.0 Å². The van der Waals surface area contributed by atoms with E-state index in [2.05, 4.69) is 0 Å². The van der Waals surface area contributed by atoms with Crippen LogP contribution < -0.4 is 11.5 Å². The number of primary amides is 1. The van der Waals surface area contributed by atoms with E-state index in [0.717, 1.165) is 31.1 Å². The Labute approximate surface area is 96.9 Å². The molecule has 90 valence electrons. The third-order valence-corrected chi connectivity index (χ3v) is 5.68. The second kappa shape index (κ2) is 3.46. The summed E-state index contributed by atoms with van der Waals surface area (Å²) >= 11 is 0. The van der Waals surface area contributed by atoms with Crippen molar-refractivity contribution in [2.75, 3.05) is 0 Å². The average molecular weight is 222 g/mol. The van der Waals surface area contributed by atoms with Crippen molar-refractivity contribution in [3.8, 4) is 0 Å². The van der Waals surface area contributed by atoms with Crippen LogP contribution >= 0.6 is 0 Å². The second-order valence-electron chi connectivity index (χ2n) is 6.22. The minimum absolute atomic E-state index is 0.0964. The van der Waals surface area contributed by atoms with Crippen molar-refractivity contribution < 1.29 is 4.79 Å². The molecule has 0 aromatic heterocycles. The van der Waals surface area contributed by atoms with Crippen LogP contribution in [-0.4, -0.2) is 11.9 Å². The number of carbonyl (C=O) groups excluding carboxylic acids is 1. The summed E-state index contributed by atoms with van der Waals surface area (Å²) in [4.78, 5) is 11.4. The lowest BCUT2D eigenvalue weighted by atomic mass is 9.59. The molecule has 16 heavy (non-hydrogen) atoms. The van der Waals surface area contributed by atoms with E-state index in [1.54, 1.807) is 0 Å². The Morgan fingerprint density at radius 3 is 2.69 bits per heavy atom. The first-order valence-corrected chi connectivity index (χ1v) is 6.68. The Bertz CT molecular complexity index is 313. The highest BCUT2D eigenvalue weighted by Crippen LogP contribution is 2.61. The lowest BCUT2D eigenvalue weighted by Crippen LogP contribution is -2.50. The Morgan fingerprint density at radius 1 is 1.25 bits per heavy atom. The van der Waals surface area contributed by atoms with Gasteiger partial charge in [0.25, 0.3) is 0 Å². The van der Waals surface area contributed by atoms with Gasteiger partial charge >= 0.3 is 0 Å². The average Bonchev–Trinajstić information content (AvgIpc) is 2.84. The van der Waals surface area contributed by atoms with E-state index >= 15 is 0 Å². The van der Waals surface area contributed by atoms with E-state index in [1.165, 1.54) is 25.7 Å². The monoisotopic (exact) mass is 222 g/mol. The number of nitrogens with two attached hydrogens (primary N) is 2. The molecule has 0 aromatic rings. The SMILES string of the molecule is NC(=O)C1CCC[C@]2(C1)[C@@H]1CC[C@@H](C1)[C@@H]2N. The summed E-state index contributed by atoms with van der Waals surface area (Å²) in [5.74, 6) is 1.51. The molecule has 3 heteroatoms. The molecule has 0 saturated heterocycles. The molecule has 3 aliphatic rings. The molecule has 3 fully saturated rings. The van der Waals surface area contributed by atoms with Crippen LogP contribution in [0, 0.1) is 23.2 Å². The van der Waals surface area contributed by atoms with Crippen LogP contribution in [0.15, 0.2) is 0 Å². The molecule has 4 N–H and O–H groups in total. The van der Waals surface area contributed by atoms with Crippen molar-refractivity contribution >= 4 is 5.91 Å². The van der Waals surface area contributed by atoms with Gasteiger partial charge in [0, 0.05) is 12.0 Å². The summed E-state index contributed by atoms with van der Waals surface area (Å²) < 4.78 is 0. The van der Waals surface area contributed by atoms with Gasteiger partial charge in [-0.15, -0.1) is 0 Å². The Kier molecular flexibility index (Phi) is 2.29. The van der Waals surface area contributed by atoms with Gasteiger partial charge in [0.15, 0.2) is 0 Å². The standard InChI is InChI=1S/C13H22N2O/c14-11-8-3-4-10(6-8)13(11)5-1-2-9(7-13)12(15)16/h8-11H,1-7,14H2,(H2,15,16)/t8-,9?,10+,11-,13-/m0/s1. The zero-order chi connectivity index (χ0) is 11.3. The number of carbonyl (C=O) groups is 1. The molecule has 5 atom stereocenters. The van der Waals surface area contributed by atoms with Gasteiger partial charge in [0.05, 0.1) is 0 Å². The van der Waals surface area contributed by atoms with Gasteiger partial charge < -0.3 is 11.5 Å². The molecule has 3 rings (SSSR count). The third kappa shape index (κ3) is 1.27. The quantitative estimate of drug-likeness (QED) is 0.704. The molecule has 1 spiro atoms. The fourth-order valence-electron chi connectivity index (χ4n) is 4.86. The molecule has 0 heterocycles. The number of hydrogen-bond donors (Lipinski definition) is 2. The zero-order valence-corrected chi connectivity index (χ0v) is 9.82. The van der Waals surface area contributed by atoms with Gasteiger partial charge in [-0.1, -0.05) is 6.42 Å². The minimum atomic E-state index is -0.103. The fourth-order valence-corrected chi connectivity index (χ4v) is 4.86. The number of rotatable bonds is 1. The third-order valence-electron chi connectivity index (χ3n) is 5.68. The van der Waals surface area contributed by atoms with E-state index in [4.69, 9.17) is 11.5 Å². The van der Waals surface area contributed by atoms with Gasteiger partial charge in [-0.2, -0.15) is 0 Å². The van der Waals surface area contributed by atoms with E-state index in [1.807, 2.05) is 0 Å². The van der Waals surface area contributed by atoms with Crippen LogP contribution in [0.5, 0.6) is 0 Å². The topological polar surface area (TPSA) is 69.1 Å². The van der Waals surface area contributed by atoms with E-state index < -0.39 is 0 Å². The summed E-state index contributed by atoms with van der Waals surface area (Å²) in [5.41, 5.74) is 12.2. The maximum absolute atomic E-state index is 11.4. The molecule has 1 amide bonds. The van der Waals surface area contributed by atoms with Crippen LogP contribution in [0.25, 0.3) is 0 Å². The van der Waals surface area contributed by atoms with Crippen LogP contribution in [0.4, 0.5) is 0 Å². The highest BCUT2D eigenvalue weighted by molar-refractivity contribution is 5.76. The fraction of sp³-hybridized carbons (Fsp3) is 0.923. The van der Waals surface area contributed by atoms with Crippen molar-refractivity contribution in [1.29, 1.82) is 0 Å². The molecule has 3 saturated carbocycles. The van der Waals surface area contributed by atoms with Crippen LogP contribution in [0.2, 0.25) is 0 Å². The van der Waals surface area contributed by atoms with Gasteiger partial charge in [-0.05, 0) is 55.8 Å². The summed E-state index contributed by atoms with van der Waals surface area (Å²) in [7, 11) is 0. The van der Waals surface area contributed by atoms with Gasteiger partial charge in [0.1, 0.15) is 0 Å². The van der Waals surface area contributed by atoms with Crippen molar-refractivity contribution in [1.82, 2.24) is 0 Å². The molecule has 0 aromatic carbocycles. The molecule has 3 nitrogen and oxygen atoms in total. The summed E-state index contributed by atoms with van der Waals surface area (Å²) in [6, 6.07) is 0.341. The molecule has 0 aliphatic heterocycles. The first kappa shape index (κ1) is 10.6. The summed E-state index contributed by atoms with van der Waals surface area (Å²) in [5, 5.41) is 0. The maximum Gasteiger partial charge on any atom is 0.220 e. The van der Waals surface area contributed by atoms with Crippen molar-refractivity contribution in [3.05, 3.63) is 0 Å². The first-order valence-electron chi connectivity index (χ1n) is 6.68. The Hall–Kier alpha value is -0.570. The van der Waals surface area contributed by atoms with Gasteiger partial charge in [-0.25, -0.2) is 0 Å². The lowest BCUT2D eigenvalue weighted by Gasteiger charge is -2.47. The smallest absolute Gasteiger partial charge is 0.220 e. The number of hydrogen-bond acceptors (Lipinski definition) is 2. The van der Waals surface area contributed by atoms with Gasteiger partial charge in [0.2, 0.25) is 5.91 Å². The molecule has 1 unspecified atom stereocenters. The molecular formula is C13H22N2O. The summed E-state index contributed by atoms with van der Waals surface area (Å²) in [6.07, 6.45) is 8.31. The van der Waals surface area contributed by atoms with E-state index in [9.17, 15) is 4.79 Å². The highest BCUT2D eigenvalue weighted by atomic mass is 16.1. The predicted molar refractivity (Wildman–Crippen MR) is 62.4 cm³/mol. The van der Waals surface area contributed by atoms with Crippen LogP contribution in [0.1, 0.15) is 44.9 Å². The number of fused-ring (bicyclic) bond motifs is 3. The molecular weight excluding hydrogens is 200 g/mol. The highest BCUT2D eigenvalue weighted by Gasteiger charge is 2.57. The normalized spacial score (nSPS) is 51.1. The second-order valence-corrected chi connectivity index (χ2v) is 6.22. The Balaban J connectivity index is 1.85. The number of amides is 1. The van der Waals surface area contributed by atoms with Crippen molar-refractivity contribution in [2.24, 2.45) is 34.6 Å². The van der Waals surface area contributed by atoms with Crippen molar-refractivity contribution in [3.63, 3.8) is 0 Å². The summed E-state index contributed by atoms with van der Waals surface area (Å²) in [6.45, 7) is 0.